The van der Waals surface area contributed by atoms with Crippen LogP contribution < -0.4 is 10.7 Å². The summed E-state index contributed by atoms with van der Waals surface area (Å²) < 4.78 is 6.44. The van der Waals surface area contributed by atoms with Crippen LogP contribution in [0.2, 0.25) is 0 Å². The fourth-order valence-electron chi connectivity index (χ4n) is 2.97. The minimum absolute atomic E-state index is 0.456. The molecule has 26 heavy (non-hydrogen) atoms. The molecule has 1 aliphatic heterocycles. The van der Waals surface area contributed by atoms with Crippen LogP contribution in [-0.2, 0) is 10.5 Å². The first-order valence-corrected chi connectivity index (χ1v) is 9.40. The van der Waals surface area contributed by atoms with E-state index in [9.17, 15) is 0 Å². The molecule has 0 saturated carbocycles. The van der Waals surface area contributed by atoms with Crippen molar-refractivity contribution in [2.24, 2.45) is 5.10 Å². The van der Waals surface area contributed by atoms with Gasteiger partial charge in [0.15, 0.2) is 5.11 Å². The maximum absolute atomic E-state index is 6.44. The Morgan fingerprint density at radius 1 is 1.00 bits per heavy atom. The maximum Gasteiger partial charge on any atom is 0.212 e. The number of rotatable bonds is 6. The third-order valence-electron chi connectivity index (χ3n) is 4.49. The van der Waals surface area contributed by atoms with Gasteiger partial charge in [0.2, 0.25) is 5.72 Å². The second-order valence-corrected chi connectivity index (χ2v) is 7.05. The van der Waals surface area contributed by atoms with E-state index >= 15 is 0 Å². The van der Waals surface area contributed by atoms with Crippen LogP contribution in [0, 0.1) is 13.8 Å². The third-order valence-corrected chi connectivity index (χ3v) is 4.69. The zero-order valence-corrected chi connectivity index (χ0v) is 16.3. The van der Waals surface area contributed by atoms with Crippen molar-refractivity contribution in [1.29, 1.82) is 0 Å². The summed E-state index contributed by atoms with van der Waals surface area (Å²) in [6.45, 7) is 6.91. The number of unbranched alkanes of at least 4 members (excludes halogenated alkanes) is 1. The van der Waals surface area contributed by atoms with E-state index in [0.717, 1.165) is 29.7 Å². The van der Waals surface area contributed by atoms with E-state index in [2.05, 4.69) is 85.1 Å². The zero-order chi connectivity index (χ0) is 18.6. The van der Waals surface area contributed by atoms with Gasteiger partial charge in [-0.2, -0.15) is 5.10 Å². The maximum atomic E-state index is 6.44. The van der Waals surface area contributed by atoms with E-state index in [1.807, 2.05) is 0 Å². The molecule has 5 heteroatoms. The number of hydrogen-bond acceptors (Lipinski definition) is 3. The predicted octanol–water partition coefficient (Wildman–Crippen LogP) is 4.15. The number of ether oxygens (including phenoxy) is 1. The minimum Gasteiger partial charge on any atom is -0.346 e. The topological polar surface area (TPSA) is 45.6 Å². The number of thiocarbonyl (C=S) groups is 1. The molecule has 1 aliphatic rings. The second kappa shape index (κ2) is 7.98. The number of hydrogen-bond donors (Lipinski definition) is 2. The Morgan fingerprint density at radius 2 is 1.62 bits per heavy atom. The van der Waals surface area contributed by atoms with Gasteiger partial charge in [-0.05, 0) is 32.5 Å². The lowest BCUT2D eigenvalue weighted by Gasteiger charge is -2.39. The first kappa shape index (κ1) is 18.5. The van der Waals surface area contributed by atoms with Crippen molar-refractivity contribution in [2.45, 2.75) is 39.3 Å². The van der Waals surface area contributed by atoms with Crippen LogP contribution in [0.1, 0.15) is 42.0 Å². The van der Waals surface area contributed by atoms with Crippen molar-refractivity contribution in [2.75, 3.05) is 6.61 Å². The molecule has 4 nitrogen and oxygen atoms in total. The van der Waals surface area contributed by atoms with E-state index in [1.54, 1.807) is 0 Å². The lowest BCUT2D eigenvalue weighted by Crippen LogP contribution is -2.60. The van der Waals surface area contributed by atoms with E-state index < -0.39 is 5.72 Å². The van der Waals surface area contributed by atoms with Gasteiger partial charge in [0.1, 0.15) is 5.71 Å². The first-order valence-electron chi connectivity index (χ1n) is 8.99. The summed E-state index contributed by atoms with van der Waals surface area (Å²) in [5.74, 6) is 0. The van der Waals surface area contributed by atoms with Crippen LogP contribution >= 0.6 is 12.2 Å². The molecule has 1 heterocycles. The van der Waals surface area contributed by atoms with Gasteiger partial charge >= 0.3 is 0 Å². The van der Waals surface area contributed by atoms with Gasteiger partial charge in [-0.1, -0.05) is 73.0 Å². The Hall–Kier alpha value is -2.24. The van der Waals surface area contributed by atoms with Gasteiger partial charge in [0.25, 0.3) is 0 Å². The fraction of sp³-hybridized carbons (Fsp3) is 0.333. The summed E-state index contributed by atoms with van der Waals surface area (Å²) in [6.07, 6.45) is 2.03. The molecule has 1 unspecified atom stereocenters. The lowest BCUT2D eigenvalue weighted by molar-refractivity contribution is -0.0112. The van der Waals surface area contributed by atoms with E-state index in [-0.39, 0.29) is 0 Å². The monoisotopic (exact) mass is 367 g/mol. The second-order valence-electron chi connectivity index (χ2n) is 6.64. The van der Waals surface area contributed by atoms with Crippen molar-refractivity contribution in [3.63, 3.8) is 0 Å². The van der Waals surface area contributed by atoms with Crippen LogP contribution in [0.4, 0.5) is 0 Å². The number of nitrogens with zero attached hydrogens (tertiary/aromatic N) is 1. The molecule has 0 amide bonds. The van der Waals surface area contributed by atoms with Crippen molar-refractivity contribution in [1.82, 2.24) is 10.7 Å². The highest BCUT2D eigenvalue weighted by molar-refractivity contribution is 7.80. The van der Waals surface area contributed by atoms with Crippen LogP contribution in [-0.4, -0.2) is 17.4 Å². The van der Waals surface area contributed by atoms with Crippen LogP contribution in [0.5, 0.6) is 0 Å². The average Bonchev–Trinajstić information content (AvgIpc) is 2.63. The van der Waals surface area contributed by atoms with Crippen molar-refractivity contribution < 1.29 is 4.74 Å². The van der Waals surface area contributed by atoms with Gasteiger partial charge in [-0.25, -0.2) is 0 Å². The average molecular weight is 368 g/mol. The molecule has 0 fully saturated rings. The Kier molecular flexibility index (Phi) is 5.69. The molecule has 2 aromatic rings. The highest BCUT2D eigenvalue weighted by Crippen LogP contribution is 2.31. The minimum atomic E-state index is -0.902. The summed E-state index contributed by atoms with van der Waals surface area (Å²) in [5, 5.41) is 8.39. The summed E-state index contributed by atoms with van der Waals surface area (Å²) in [4.78, 5) is 0. The molecule has 0 spiro atoms. The van der Waals surface area contributed by atoms with Crippen LogP contribution in [0.25, 0.3) is 0 Å². The molecule has 0 bridgehead atoms. The predicted molar refractivity (Wildman–Crippen MR) is 110 cm³/mol. The molecule has 3 rings (SSSR count). The van der Waals surface area contributed by atoms with E-state index in [4.69, 9.17) is 17.0 Å². The summed E-state index contributed by atoms with van der Waals surface area (Å²) in [7, 11) is 0. The highest BCUT2D eigenvalue weighted by atomic mass is 32.1. The van der Waals surface area contributed by atoms with E-state index in [1.165, 1.54) is 11.1 Å². The van der Waals surface area contributed by atoms with Gasteiger partial charge in [0.05, 0.1) is 6.61 Å². The molecule has 1 atom stereocenters. The van der Waals surface area contributed by atoms with Crippen LogP contribution in [0.15, 0.2) is 53.6 Å². The third kappa shape index (κ3) is 3.79. The lowest BCUT2D eigenvalue weighted by atomic mass is 9.91. The summed E-state index contributed by atoms with van der Waals surface area (Å²) in [6, 6.07) is 16.6. The normalized spacial score (nSPS) is 19.5. The van der Waals surface area contributed by atoms with Crippen LogP contribution in [0.3, 0.4) is 0 Å². The van der Waals surface area contributed by atoms with Gasteiger partial charge in [-0.15, -0.1) is 0 Å². The van der Waals surface area contributed by atoms with Gasteiger partial charge < -0.3 is 10.1 Å². The molecular formula is C21H25N3OS. The SMILES string of the molecule is CCCCOC1(c2ccc(C)cc2)NC(=S)NN=C1c1ccc(C)cc1. The van der Waals surface area contributed by atoms with Crippen molar-refractivity contribution in [3.05, 3.63) is 70.8 Å². The number of benzene rings is 2. The summed E-state index contributed by atoms with van der Waals surface area (Å²) >= 11 is 5.37. The smallest absolute Gasteiger partial charge is 0.212 e. The molecule has 136 valence electrons. The molecule has 0 aromatic heterocycles. The first-order chi connectivity index (χ1) is 12.5. The Morgan fingerprint density at radius 3 is 2.23 bits per heavy atom. The molecule has 0 saturated heterocycles. The van der Waals surface area contributed by atoms with Gasteiger partial charge in [-0.3, -0.25) is 5.43 Å². The summed E-state index contributed by atoms with van der Waals surface area (Å²) in [5.41, 5.74) is 7.16. The highest BCUT2D eigenvalue weighted by Gasteiger charge is 2.43. The largest absolute Gasteiger partial charge is 0.346 e. The van der Waals surface area contributed by atoms with Crippen molar-refractivity contribution in [3.8, 4) is 0 Å². The quantitative estimate of drug-likeness (QED) is 0.595. The fourth-order valence-corrected chi connectivity index (χ4v) is 3.16. The Bertz CT molecular complexity index is 799. The van der Waals surface area contributed by atoms with Gasteiger partial charge in [0, 0.05) is 11.1 Å². The van der Waals surface area contributed by atoms with Crippen molar-refractivity contribution >= 4 is 23.0 Å². The Labute approximate surface area is 160 Å². The number of aryl methyl sites for hydroxylation is 2. The Balaban J connectivity index is 2.11. The number of hydrazone groups is 1. The molecular weight excluding hydrogens is 342 g/mol. The molecule has 0 radical (unpaired) electrons. The zero-order valence-electron chi connectivity index (χ0n) is 15.5. The van der Waals surface area contributed by atoms with E-state index in [0.29, 0.717) is 11.7 Å². The number of nitrogens with one attached hydrogen (secondary N) is 2. The molecule has 0 aliphatic carbocycles. The molecule has 2 N–H and O–H groups in total. The molecule has 2 aromatic carbocycles. The standard InChI is InChI=1S/C21H25N3OS/c1-4-5-14-25-21(18-12-8-16(3)9-13-18)19(23-24-20(26)22-21)17-10-6-15(2)7-11-17/h6-13H,4-5,14H2,1-3H3,(H2,22,24,26).